The second-order valence-electron chi connectivity index (χ2n) is 4.96. The van der Waals surface area contributed by atoms with Crippen molar-refractivity contribution in [3.05, 3.63) is 53.1 Å². The number of amides is 1. The number of benzene rings is 2. The van der Waals surface area contributed by atoms with Crippen LogP contribution in [0.15, 0.2) is 36.4 Å². The van der Waals surface area contributed by atoms with Gasteiger partial charge in [0.05, 0.1) is 0 Å². The van der Waals surface area contributed by atoms with E-state index in [9.17, 15) is 15.0 Å². The Hall–Kier alpha value is -2.60. The summed E-state index contributed by atoms with van der Waals surface area (Å²) in [4.78, 5) is 12.2. The summed E-state index contributed by atoms with van der Waals surface area (Å²) in [6.07, 6.45) is 0. The van der Waals surface area contributed by atoms with Crippen LogP contribution in [0.25, 0.3) is 0 Å². The minimum Gasteiger partial charge on any atom is -0.506 e. The molecule has 0 unspecified atom stereocenters. The first kappa shape index (κ1) is 15.8. The van der Waals surface area contributed by atoms with Crippen molar-refractivity contribution in [2.45, 2.75) is 13.8 Å². The number of hydrogen-bond donors (Lipinski definition) is 4. The molecule has 0 aliphatic carbocycles. The first-order chi connectivity index (χ1) is 10.4. The topological polar surface area (TPSA) is 81.6 Å². The van der Waals surface area contributed by atoms with Crippen LogP contribution < -0.4 is 10.6 Å². The molecule has 0 spiro atoms. The highest BCUT2D eigenvalue weighted by Crippen LogP contribution is 2.32. The van der Waals surface area contributed by atoms with E-state index in [-0.39, 0.29) is 28.2 Å². The molecule has 0 saturated heterocycles. The molecule has 1 amide bonds. The van der Waals surface area contributed by atoms with Gasteiger partial charge in [-0.1, -0.05) is 23.3 Å². The summed E-state index contributed by atoms with van der Waals surface area (Å²) < 4.78 is 0. The lowest BCUT2D eigenvalue weighted by atomic mass is 10.1. The van der Waals surface area contributed by atoms with Gasteiger partial charge in [-0.2, -0.15) is 0 Å². The van der Waals surface area contributed by atoms with Gasteiger partial charge in [-0.3, -0.25) is 10.1 Å². The number of phenolic OH excluding ortho intramolecular Hbond substituents is 2. The predicted octanol–water partition coefficient (Wildman–Crippen LogP) is 2.84. The maximum absolute atomic E-state index is 12.2. The number of anilines is 1. The van der Waals surface area contributed by atoms with E-state index in [0.717, 1.165) is 11.1 Å². The Balaban J connectivity index is 2.10. The van der Waals surface area contributed by atoms with Crippen LogP contribution in [-0.4, -0.2) is 21.2 Å². The van der Waals surface area contributed by atoms with E-state index in [4.69, 9.17) is 12.2 Å². The predicted molar refractivity (Wildman–Crippen MR) is 89.4 cm³/mol. The molecule has 0 heterocycles. The van der Waals surface area contributed by atoms with E-state index in [1.54, 1.807) is 12.1 Å². The fourth-order valence-corrected chi connectivity index (χ4v) is 2.28. The van der Waals surface area contributed by atoms with E-state index in [2.05, 4.69) is 10.6 Å². The van der Waals surface area contributed by atoms with Crippen molar-refractivity contribution in [1.29, 1.82) is 0 Å². The molecule has 22 heavy (non-hydrogen) atoms. The van der Waals surface area contributed by atoms with Crippen LogP contribution in [0.2, 0.25) is 0 Å². The van der Waals surface area contributed by atoms with Crippen LogP contribution in [0, 0.1) is 13.8 Å². The zero-order valence-corrected chi connectivity index (χ0v) is 13.0. The standard InChI is InChI=1S/C16H16N2O3S/c1-9-6-10(2)8-11(7-9)15(21)18-16(22)17-14-12(19)4-3-5-13(14)20/h3-8,19-20H,1-2H3,(H2,17,18,21,22). The Morgan fingerprint density at radius 1 is 1.05 bits per heavy atom. The summed E-state index contributed by atoms with van der Waals surface area (Å²) in [7, 11) is 0. The molecule has 0 aliphatic heterocycles. The highest BCUT2D eigenvalue weighted by Gasteiger charge is 2.12. The molecule has 4 N–H and O–H groups in total. The number of rotatable bonds is 2. The van der Waals surface area contributed by atoms with Gasteiger partial charge in [0.2, 0.25) is 0 Å². The normalized spacial score (nSPS) is 10.1. The van der Waals surface area contributed by atoms with E-state index in [1.165, 1.54) is 18.2 Å². The smallest absolute Gasteiger partial charge is 0.257 e. The molecule has 2 aromatic rings. The van der Waals surface area contributed by atoms with Crippen LogP contribution in [0.5, 0.6) is 11.5 Å². The van der Waals surface area contributed by atoms with Gasteiger partial charge in [0, 0.05) is 5.56 Å². The number of phenols is 2. The van der Waals surface area contributed by atoms with Crippen LogP contribution in [0.3, 0.4) is 0 Å². The second kappa shape index (κ2) is 6.44. The van der Waals surface area contributed by atoms with Gasteiger partial charge in [0.15, 0.2) is 5.11 Å². The van der Waals surface area contributed by atoms with Crippen molar-refractivity contribution in [2.75, 3.05) is 5.32 Å². The maximum Gasteiger partial charge on any atom is 0.257 e. The molecular formula is C16H16N2O3S. The first-order valence-corrected chi connectivity index (χ1v) is 6.99. The number of para-hydroxylation sites is 1. The van der Waals surface area contributed by atoms with Gasteiger partial charge in [-0.25, -0.2) is 0 Å². The van der Waals surface area contributed by atoms with Crippen molar-refractivity contribution >= 4 is 28.9 Å². The highest BCUT2D eigenvalue weighted by molar-refractivity contribution is 7.80. The quantitative estimate of drug-likeness (QED) is 0.506. The van der Waals surface area contributed by atoms with Crippen LogP contribution in [-0.2, 0) is 0 Å². The average Bonchev–Trinajstić information content (AvgIpc) is 2.42. The fourth-order valence-electron chi connectivity index (χ4n) is 2.08. The molecule has 6 heteroatoms. The third-order valence-electron chi connectivity index (χ3n) is 2.97. The number of aryl methyl sites for hydroxylation is 2. The lowest BCUT2D eigenvalue weighted by Crippen LogP contribution is -2.34. The van der Waals surface area contributed by atoms with Crippen LogP contribution >= 0.6 is 12.2 Å². The molecule has 0 aromatic heterocycles. The molecular weight excluding hydrogens is 300 g/mol. The lowest BCUT2D eigenvalue weighted by molar-refractivity contribution is 0.0977. The molecule has 0 aliphatic rings. The third kappa shape index (κ3) is 3.73. The summed E-state index contributed by atoms with van der Waals surface area (Å²) in [5.41, 5.74) is 2.49. The lowest BCUT2D eigenvalue weighted by Gasteiger charge is -2.12. The van der Waals surface area contributed by atoms with E-state index < -0.39 is 0 Å². The zero-order chi connectivity index (χ0) is 16.3. The number of nitrogens with one attached hydrogen (secondary N) is 2. The van der Waals surface area contributed by atoms with E-state index in [0.29, 0.717) is 5.56 Å². The van der Waals surface area contributed by atoms with Crippen LogP contribution in [0.1, 0.15) is 21.5 Å². The summed E-state index contributed by atoms with van der Waals surface area (Å²) in [6.45, 7) is 3.81. The van der Waals surface area contributed by atoms with Crippen molar-refractivity contribution < 1.29 is 15.0 Å². The number of carbonyl (C=O) groups is 1. The maximum atomic E-state index is 12.2. The molecule has 2 rings (SSSR count). The summed E-state index contributed by atoms with van der Waals surface area (Å²) in [5.74, 6) is -0.690. The Bertz CT molecular complexity index is 704. The molecule has 5 nitrogen and oxygen atoms in total. The molecule has 114 valence electrons. The minimum absolute atomic E-state index is 0.0130. The van der Waals surface area contributed by atoms with Gasteiger partial charge in [0.25, 0.3) is 5.91 Å². The summed E-state index contributed by atoms with van der Waals surface area (Å²) >= 11 is 5.03. The van der Waals surface area contributed by atoms with Gasteiger partial charge < -0.3 is 15.5 Å². The highest BCUT2D eigenvalue weighted by atomic mass is 32.1. The average molecular weight is 316 g/mol. The van der Waals surface area contributed by atoms with Gasteiger partial charge in [0.1, 0.15) is 17.2 Å². The van der Waals surface area contributed by atoms with E-state index >= 15 is 0 Å². The molecule has 0 fully saturated rings. The molecule has 0 atom stereocenters. The first-order valence-electron chi connectivity index (χ1n) is 6.58. The molecule has 0 saturated carbocycles. The number of carbonyl (C=O) groups excluding carboxylic acids is 1. The monoisotopic (exact) mass is 316 g/mol. The second-order valence-corrected chi connectivity index (χ2v) is 5.36. The molecule has 0 radical (unpaired) electrons. The van der Waals surface area contributed by atoms with E-state index in [1.807, 2.05) is 19.9 Å². The van der Waals surface area contributed by atoms with Gasteiger partial charge in [-0.15, -0.1) is 0 Å². The number of aromatic hydroxyl groups is 2. The summed E-state index contributed by atoms with van der Waals surface area (Å²) in [6, 6.07) is 9.76. The molecule has 2 aromatic carbocycles. The van der Waals surface area contributed by atoms with Crippen molar-refractivity contribution in [3.8, 4) is 11.5 Å². The van der Waals surface area contributed by atoms with Crippen molar-refractivity contribution in [3.63, 3.8) is 0 Å². The third-order valence-corrected chi connectivity index (χ3v) is 3.17. The Kier molecular flexibility index (Phi) is 4.62. The SMILES string of the molecule is Cc1cc(C)cc(C(=O)NC(=S)Nc2c(O)cccc2O)c1. The zero-order valence-electron chi connectivity index (χ0n) is 12.2. The Morgan fingerprint density at radius 2 is 1.59 bits per heavy atom. The number of hydrogen-bond acceptors (Lipinski definition) is 4. The molecule has 0 bridgehead atoms. The van der Waals surface area contributed by atoms with Crippen molar-refractivity contribution in [1.82, 2.24) is 5.32 Å². The minimum atomic E-state index is -0.362. The number of thiocarbonyl (C=S) groups is 1. The largest absolute Gasteiger partial charge is 0.506 e. The fraction of sp³-hybridized carbons (Fsp3) is 0.125. The van der Waals surface area contributed by atoms with Crippen LogP contribution in [0.4, 0.5) is 5.69 Å². The summed E-state index contributed by atoms with van der Waals surface area (Å²) in [5, 5.41) is 24.4. The Labute approximate surface area is 133 Å². The van der Waals surface area contributed by atoms with Crippen molar-refractivity contribution in [2.24, 2.45) is 0 Å². The van der Waals surface area contributed by atoms with Gasteiger partial charge >= 0.3 is 0 Å². The van der Waals surface area contributed by atoms with Gasteiger partial charge in [-0.05, 0) is 50.3 Å². The Morgan fingerprint density at radius 3 is 2.14 bits per heavy atom.